The van der Waals surface area contributed by atoms with Gasteiger partial charge >= 0.3 is 0 Å². The molecule has 1 atom stereocenters. The molecule has 1 N–H and O–H groups in total. The Balaban J connectivity index is 2.13. The van der Waals surface area contributed by atoms with Gasteiger partial charge in [-0.3, -0.25) is 4.79 Å². The second-order valence-electron chi connectivity index (χ2n) is 5.62. The van der Waals surface area contributed by atoms with Crippen molar-refractivity contribution in [2.45, 2.75) is 39.5 Å². The first-order chi connectivity index (χ1) is 10.2. The van der Waals surface area contributed by atoms with Crippen LogP contribution in [0.5, 0.6) is 0 Å². The Morgan fingerprint density at radius 1 is 1.48 bits per heavy atom. The van der Waals surface area contributed by atoms with Gasteiger partial charge in [-0.05, 0) is 37.3 Å². The van der Waals surface area contributed by atoms with Crippen molar-refractivity contribution in [3.05, 3.63) is 22.8 Å². The fourth-order valence-electron chi connectivity index (χ4n) is 2.68. The highest BCUT2D eigenvalue weighted by Gasteiger charge is 2.25. The Bertz CT molecular complexity index is 492. The number of hydrogen-bond acceptors (Lipinski definition) is 3. The number of carbonyl (C=O) groups is 1. The molecule has 1 aromatic rings. The maximum atomic E-state index is 12.7. The molecule has 1 fully saturated rings. The average Bonchev–Trinajstić information content (AvgIpc) is 2.53. The number of hydrogen-bond donors (Lipinski definition) is 1. The predicted molar refractivity (Wildman–Crippen MR) is 86.9 cm³/mol. The molecule has 0 radical (unpaired) electrons. The average molecular weight is 310 g/mol. The Hall–Kier alpha value is -1.29. The Labute approximate surface area is 131 Å². The maximum Gasteiger partial charge on any atom is 0.274 e. The lowest BCUT2D eigenvalue weighted by Crippen LogP contribution is -2.40. The number of pyridine rings is 1. The minimum Gasteiger partial charge on any atom is -0.370 e. The first kappa shape index (κ1) is 16.1. The summed E-state index contributed by atoms with van der Waals surface area (Å²) in [6, 6.07) is 3.57. The number of likely N-dealkylation sites (tertiary alicyclic amines) is 1. The summed E-state index contributed by atoms with van der Waals surface area (Å²) < 4.78 is 0. The van der Waals surface area contributed by atoms with Crippen molar-refractivity contribution in [3.8, 4) is 0 Å². The van der Waals surface area contributed by atoms with E-state index < -0.39 is 0 Å². The number of piperidine rings is 1. The van der Waals surface area contributed by atoms with E-state index in [4.69, 9.17) is 11.6 Å². The normalized spacial score (nSPS) is 18.6. The molecule has 1 aromatic heterocycles. The molecule has 0 aromatic carbocycles. The van der Waals surface area contributed by atoms with Crippen molar-refractivity contribution in [2.24, 2.45) is 5.92 Å². The van der Waals surface area contributed by atoms with Gasteiger partial charge in [-0.2, -0.15) is 0 Å². The van der Waals surface area contributed by atoms with Crippen LogP contribution in [0.1, 0.15) is 50.0 Å². The third kappa shape index (κ3) is 4.10. The van der Waals surface area contributed by atoms with E-state index in [-0.39, 0.29) is 5.91 Å². The van der Waals surface area contributed by atoms with Gasteiger partial charge in [0.2, 0.25) is 0 Å². The van der Waals surface area contributed by atoms with Crippen LogP contribution in [0.15, 0.2) is 12.1 Å². The number of halogens is 1. The van der Waals surface area contributed by atoms with Crippen LogP contribution in [0.25, 0.3) is 0 Å². The number of rotatable bonds is 5. The number of carbonyl (C=O) groups excluding carboxylic acids is 1. The first-order valence-corrected chi connectivity index (χ1v) is 8.23. The number of anilines is 1. The zero-order valence-corrected chi connectivity index (χ0v) is 13.6. The number of amides is 1. The minimum absolute atomic E-state index is 0.0432. The van der Waals surface area contributed by atoms with Gasteiger partial charge in [-0.25, -0.2) is 4.98 Å². The van der Waals surface area contributed by atoms with E-state index in [1.54, 1.807) is 6.07 Å². The largest absolute Gasteiger partial charge is 0.370 e. The van der Waals surface area contributed by atoms with Crippen molar-refractivity contribution >= 4 is 23.3 Å². The lowest BCUT2D eigenvalue weighted by Gasteiger charge is -2.32. The van der Waals surface area contributed by atoms with Gasteiger partial charge < -0.3 is 10.2 Å². The second kappa shape index (κ2) is 7.64. The number of nitrogens with zero attached hydrogens (tertiary/aromatic N) is 2. The van der Waals surface area contributed by atoms with Gasteiger partial charge in [0.1, 0.15) is 11.5 Å². The summed E-state index contributed by atoms with van der Waals surface area (Å²) in [5.41, 5.74) is 0.370. The van der Waals surface area contributed by atoms with Gasteiger partial charge in [-0.1, -0.05) is 31.9 Å². The summed E-state index contributed by atoms with van der Waals surface area (Å²) in [4.78, 5) is 19.0. The fraction of sp³-hybridized carbons (Fsp3) is 0.625. The van der Waals surface area contributed by atoms with Crippen LogP contribution < -0.4 is 5.32 Å². The molecule has 2 rings (SSSR count). The van der Waals surface area contributed by atoms with Gasteiger partial charge in [0, 0.05) is 19.6 Å². The molecular formula is C16H24ClN3O. The highest BCUT2D eigenvalue weighted by molar-refractivity contribution is 6.33. The summed E-state index contributed by atoms with van der Waals surface area (Å²) in [5, 5.41) is 3.63. The quantitative estimate of drug-likeness (QED) is 0.899. The van der Waals surface area contributed by atoms with Crippen LogP contribution in [-0.4, -0.2) is 35.4 Å². The molecule has 1 aliphatic heterocycles. The third-order valence-electron chi connectivity index (χ3n) is 3.99. The highest BCUT2D eigenvalue weighted by atomic mass is 35.5. The van der Waals surface area contributed by atoms with E-state index >= 15 is 0 Å². The minimum atomic E-state index is -0.0432. The number of nitrogens with one attached hydrogen (secondary N) is 1. The monoisotopic (exact) mass is 309 g/mol. The van der Waals surface area contributed by atoms with Gasteiger partial charge in [0.05, 0.1) is 5.02 Å². The molecule has 1 aliphatic rings. The van der Waals surface area contributed by atoms with Crippen LogP contribution in [0.4, 0.5) is 5.82 Å². The third-order valence-corrected chi connectivity index (χ3v) is 4.29. The molecule has 21 heavy (non-hydrogen) atoms. The van der Waals surface area contributed by atoms with Crippen LogP contribution >= 0.6 is 11.6 Å². The van der Waals surface area contributed by atoms with E-state index in [0.29, 0.717) is 22.5 Å². The molecule has 1 saturated heterocycles. The van der Waals surface area contributed by atoms with Crippen LogP contribution in [-0.2, 0) is 0 Å². The molecule has 0 aliphatic carbocycles. The Morgan fingerprint density at radius 2 is 2.29 bits per heavy atom. The molecule has 0 saturated carbocycles. The van der Waals surface area contributed by atoms with Crippen molar-refractivity contribution in [2.75, 3.05) is 25.0 Å². The van der Waals surface area contributed by atoms with Crippen molar-refractivity contribution < 1.29 is 4.79 Å². The maximum absolute atomic E-state index is 12.7. The smallest absolute Gasteiger partial charge is 0.274 e. The summed E-state index contributed by atoms with van der Waals surface area (Å²) in [5.74, 6) is 1.27. The van der Waals surface area contributed by atoms with Crippen LogP contribution in [0.2, 0.25) is 5.02 Å². The standard InChI is InChI=1S/C16H24ClN3O/c1-3-9-18-14-8-7-13(17)15(19-14)16(21)20-10-5-6-12(4-2)11-20/h7-8,12H,3-6,9-11H2,1-2H3,(H,18,19). The highest BCUT2D eigenvalue weighted by Crippen LogP contribution is 2.23. The fourth-order valence-corrected chi connectivity index (χ4v) is 2.86. The molecule has 116 valence electrons. The van der Waals surface area contributed by atoms with Gasteiger partial charge in [0.25, 0.3) is 5.91 Å². The molecule has 4 nitrogen and oxygen atoms in total. The summed E-state index contributed by atoms with van der Waals surface area (Å²) >= 11 is 6.18. The molecule has 5 heteroatoms. The molecule has 0 spiro atoms. The van der Waals surface area contributed by atoms with Crippen molar-refractivity contribution in [1.82, 2.24) is 9.88 Å². The molecule has 1 amide bonds. The van der Waals surface area contributed by atoms with Crippen molar-refractivity contribution in [1.29, 1.82) is 0 Å². The Morgan fingerprint density at radius 3 is 3.00 bits per heavy atom. The lowest BCUT2D eigenvalue weighted by atomic mass is 9.95. The number of aromatic nitrogens is 1. The van der Waals surface area contributed by atoms with Crippen LogP contribution in [0, 0.1) is 5.92 Å². The van der Waals surface area contributed by atoms with Gasteiger partial charge in [0.15, 0.2) is 0 Å². The summed E-state index contributed by atoms with van der Waals surface area (Å²) in [6.45, 7) is 6.73. The summed E-state index contributed by atoms with van der Waals surface area (Å²) in [7, 11) is 0. The Kier molecular flexibility index (Phi) is 5.85. The summed E-state index contributed by atoms with van der Waals surface area (Å²) in [6.07, 6.45) is 4.40. The zero-order chi connectivity index (χ0) is 15.2. The lowest BCUT2D eigenvalue weighted by molar-refractivity contribution is 0.0665. The zero-order valence-electron chi connectivity index (χ0n) is 12.9. The van der Waals surface area contributed by atoms with Gasteiger partial charge in [-0.15, -0.1) is 0 Å². The van der Waals surface area contributed by atoms with Crippen LogP contribution in [0.3, 0.4) is 0 Å². The van der Waals surface area contributed by atoms with E-state index in [2.05, 4.69) is 24.1 Å². The predicted octanol–water partition coefficient (Wildman–Crippen LogP) is 3.82. The molecular weight excluding hydrogens is 286 g/mol. The van der Waals surface area contributed by atoms with E-state index in [1.165, 1.54) is 6.42 Å². The molecule has 1 unspecified atom stereocenters. The molecule has 0 bridgehead atoms. The molecule has 2 heterocycles. The van der Waals surface area contributed by atoms with E-state index in [1.807, 2.05) is 11.0 Å². The first-order valence-electron chi connectivity index (χ1n) is 7.85. The van der Waals surface area contributed by atoms with E-state index in [0.717, 1.165) is 38.9 Å². The SMILES string of the molecule is CCCNc1ccc(Cl)c(C(=O)N2CCCC(CC)C2)n1. The topological polar surface area (TPSA) is 45.2 Å². The van der Waals surface area contributed by atoms with Crippen molar-refractivity contribution in [3.63, 3.8) is 0 Å². The van der Waals surface area contributed by atoms with E-state index in [9.17, 15) is 4.79 Å². The second-order valence-corrected chi connectivity index (χ2v) is 6.03.